The predicted molar refractivity (Wildman–Crippen MR) is 103 cm³/mol. The van der Waals surface area contributed by atoms with Gasteiger partial charge in [-0.2, -0.15) is 11.3 Å². The predicted octanol–water partition coefficient (Wildman–Crippen LogP) is 4.91. The van der Waals surface area contributed by atoms with Crippen LogP contribution in [0.3, 0.4) is 0 Å². The Labute approximate surface area is 150 Å². The number of rotatable bonds is 7. The first-order valence-electron chi connectivity index (χ1n) is 7.97. The maximum absolute atomic E-state index is 11.8. The summed E-state index contributed by atoms with van der Waals surface area (Å²) < 4.78 is 0. The summed E-state index contributed by atoms with van der Waals surface area (Å²) in [6, 6.07) is 14.5. The van der Waals surface area contributed by atoms with Gasteiger partial charge >= 0.3 is 6.03 Å². The van der Waals surface area contributed by atoms with Gasteiger partial charge in [-0.15, -0.1) is 11.3 Å². The molecule has 0 aliphatic carbocycles. The third-order valence-electron chi connectivity index (χ3n) is 3.70. The highest BCUT2D eigenvalue weighted by atomic mass is 32.1. The third kappa shape index (κ3) is 4.94. The molecule has 3 nitrogen and oxygen atoms in total. The molecule has 0 spiro atoms. The van der Waals surface area contributed by atoms with Gasteiger partial charge < -0.3 is 10.6 Å². The van der Waals surface area contributed by atoms with Crippen molar-refractivity contribution >= 4 is 28.7 Å². The van der Waals surface area contributed by atoms with Crippen molar-refractivity contribution in [3.63, 3.8) is 0 Å². The van der Waals surface area contributed by atoms with E-state index in [-0.39, 0.29) is 6.03 Å². The summed E-state index contributed by atoms with van der Waals surface area (Å²) in [5, 5.41) is 12.2. The van der Waals surface area contributed by atoms with Crippen molar-refractivity contribution in [1.82, 2.24) is 10.6 Å². The van der Waals surface area contributed by atoms with E-state index < -0.39 is 0 Å². The van der Waals surface area contributed by atoms with Gasteiger partial charge in [0.2, 0.25) is 0 Å². The van der Waals surface area contributed by atoms with E-state index in [0.717, 1.165) is 17.7 Å². The Balaban J connectivity index is 1.35. The highest BCUT2D eigenvalue weighted by molar-refractivity contribution is 7.10. The minimum Gasteiger partial charge on any atom is -0.338 e. The molecular weight excluding hydrogens is 336 g/mol. The zero-order valence-corrected chi connectivity index (χ0v) is 15.0. The van der Waals surface area contributed by atoms with Gasteiger partial charge in [-0.05, 0) is 57.8 Å². The second kappa shape index (κ2) is 8.66. The molecule has 0 radical (unpaired) electrons. The molecule has 0 aliphatic rings. The first-order chi connectivity index (χ1) is 11.8. The molecule has 24 heavy (non-hydrogen) atoms. The second-order valence-electron chi connectivity index (χ2n) is 5.51. The average Bonchev–Trinajstić information content (AvgIpc) is 3.29. The van der Waals surface area contributed by atoms with Gasteiger partial charge in [0.15, 0.2) is 0 Å². The highest BCUT2D eigenvalue weighted by Gasteiger charge is 2.05. The van der Waals surface area contributed by atoms with E-state index in [1.54, 1.807) is 22.7 Å². The van der Waals surface area contributed by atoms with Crippen LogP contribution in [0.1, 0.15) is 16.9 Å². The molecule has 2 amide bonds. The Bertz CT molecular complexity index is 751. The lowest BCUT2D eigenvalue weighted by atomic mass is 10.1. The first kappa shape index (κ1) is 16.7. The topological polar surface area (TPSA) is 41.1 Å². The van der Waals surface area contributed by atoms with E-state index in [1.165, 1.54) is 16.7 Å². The summed E-state index contributed by atoms with van der Waals surface area (Å²) in [6.07, 6.45) is 1.93. The minimum atomic E-state index is -0.103. The Kier molecular flexibility index (Phi) is 6.04. The van der Waals surface area contributed by atoms with Crippen LogP contribution in [0, 0.1) is 0 Å². The number of carbonyl (C=O) groups excluding carboxylic acids is 1. The zero-order valence-electron chi connectivity index (χ0n) is 13.3. The van der Waals surface area contributed by atoms with E-state index in [2.05, 4.69) is 51.0 Å². The van der Waals surface area contributed by atoms with E-state index >= 15 is 0 Å². The molecule has 0 bridgehead atoms. The van der Waals surface area contributed by atoms with Crippen LogP contribution in [0.25, 0.3) is 11.1 Å². The number of hydrogen-bond donors (Lipinski definition) is 2. The van der Waals surface area contributed by atoms with Crippen molar-refractivity contribution in [3.05, 3.63) is 69.0 Å². The Morgan fingerprint density at radius 3 is 2.67 bits per heavy atom. The van der Waals surface area contributed by atoms with Crippen molar-refractivity contribution in [2.45, 2.75) is 19.4 Å². The van der Waals surface area contributed by atoms with Crippen LogP contribution in [0.15, 0.2) is 58.6 Å². The number of carbonyl (C=O) groups is 1. The number of amides is 2. The molecule has 0 aliphatic heterocycles. The molecule has 2 heterocycles. The van der Waals surface area contributed by atoms with Crippen molar-refractivity contribution in [1.29, 1.82) is 0 Å². The quantitative estimate of drug-likeness (QED) is 0.580. The average molecular weight is 357 g/mol. The molecular formula is C19H20N2OS2. The highest BCUT2D eigenvalue weighted by Crippen LogP contribution is 2.27. The first-order valence-corrected chi connectivity index (χ1v) is 9.79. The molecule has 0 atom stereocenters. The Hall–Kier alpha value is -2.11. The number of urea groups is 1. The van der Waals surface area contributed by atoms with Crippen LogP contribution in [0.4, 0.5) is 4.79 Å². The molecule has 0 saturated heterocycles. The smallest absolute Gasteiger partial charge is 0.315 e. The summed E-state index contributed by atoms with van der Waals surface area (Å²) in [6.45, 7) is 1.25. The van der Waals surface area contributed by atoms with Crippen LogP contribution in [0.2, 0.25) is 0 Å². The van der Waals surface area contributed by atoms with Crippen LogP contribution in [0.5, 0.6) is 0 Å². The largest absolute Gasteiger partial charge is 0.338 e. The summed E-state index contributed by atoms with van der Waals surface area (Å²) in [4.78, 5) is 13.0. The van der Waals surface area contributed by atoms with E-state index in [1.807, 2.05) is 18.2 Å². The lowest BCUT2D eigenvalue weighted by Crippen LogP contribution is -2.35. The maximum Gasteiger partial charge on any atom is 0.315 e. The lowest BCUT2D eigenvalue weighted by Gasteiger charge is -2.06. The van der Waals surface area contributed by atoms with Crippen molar-refractivity contribution < 1.29 is 4.79 Å². The summed E-state index contributed by atoms with van der Waals surface area (Å²) in [5.74, 6) is 0. The second-order valence-corrected chi connectivity index (χ2v) is 7.29. The summed E-state index contributed by atoms with van der Waals surface area (Å²) in [5.41, 5.74) is 3.77. The van der Waals surface area contributed by atoms with Crippen molar-refractivity contribution in [3.8, 4) is 11.1 Å². The fourth-order valence-corrected chi connectivity index (χ4v) is 3.92. The number of aryl methyl sites for hydroxylation is 1. The molecule has 1 aromatic carbocycles. The molecule has 3 rings (SSSR count). The maximum atomic E-state index is 11.8. The zero-order chi connectivity index (χ0) is 16.6. The molecule has 2 N–H and O–H groups in total. The molecule has 5 heteroatoms. The standard InChI is InChI=1S/C19H20N2OS2/c22-19(20-9-4-7-15-5-2-1-3-6-15)21-12-18-11-17(14-24-18)16-8-10-23-13-16/h1-3,5-6,8,10-11,13-14H,4,7,9,12H2,(H2,20,21,22). The van der Waals surface area contributed by atoms with Crippen LogP contribution >= 0.6 is 22.7 Å². The fourth-order valence-electron chi connectivity index (χ4n) is 2.42. The van der Waals surface area contributed by atoms with E-state index in [9.17, 15) is 4.79 Å². The van der Waals surface area contributed by atoms with E-state index in [0.29, 0.717) is 13.1 Å². The number of hydrogen-bond acceptors (Lipinski definition) is 3. The van der Waals surface area contributed by atoms with E-state index in [4.69, 9.17) is 0 Å². The minimum absolute atomic E-state index is 0.103. The van der Waals surface area contributed by atoms with Crippen molar-refractivity contribution in [2.24, 2.45) is 0 Å². The van der Waals surface area contributed by atoms with Gasteiger partial charge in [0.25, 0.3) is 0 Å². The summed E-state index contributed by atoms with van der Waals surface area (Å²) >= 11 is 3.37. The molecule has 2 aromatic heterocycles. The number of nitrogens with one attached hydrogen (secondary N) is 2. The third-order valence-corrected chi connectivity index (χ3v) is 5.32. The summed E-state index contributed by atoms with van der Waals surface area (Å²) in [7, 11) is 0. The SMILES string of the molecule is O=C(NCCCc1ccccc1)NCc1cc(-c2ccsc2)cs1. The molecule has 0 fully saturated rings. The van der Waals surface area contributed by atoms with Gasteiger partial charge in [-0.3, -0.25) is 0 Å². The van der Waals surface area contributed by atoms with Crippen LogP contribution in [-0.2, 0) is 13.0 Å². The normalized spacial score (nSPS) is 10.5. The van der Waals surface area contributed by atoms with Crippen LogP contribution in [-0.4, -0.2) is 12.6 Å². The van der Waals surface area contributed by atoms with Gasteiger partial charge in [0, 0.05) is 11.4 Å². The number of benzene rings is 1. The molecule has 0 unspecified atom stereocenters. The van der Waals surface area contributed by atoms with Gasteiger partial charge in [-0.1, -0.05) is 30.3 Å². The van der Waals surface area contributed by atoms with Gasteiger partial charge in [-0.25, -0.2) is 4.79 Å². The molecule has 124 valence electrons. The van der Waals surface area contributed by atoms with Crippen molar-refractivity contribution in [2.75, 3.05) is 6.54 Å². The Morgan fingerprint density at radius 2 is 1.88 bits per heavy atom. The fraction of sp³-hybridized carbons (Fsp3) is 0.211. The number of thiophene rings is 2. The van der Waals surface area contributed by atoms with Crippen LogP contribution < -0.4 is 10.6 Å². The monoisotopic (exact) mass is 356 g/mol. The lowest BCUT2D eigenvalue weighted by molar-refractivity contribution is 0.240. The Morgan fingerprint density at radius 1 is 1.00 bits per heavy atom. The van der Waals surface area contributed by atoms with Gasteiger partial charge in [0.1, 0.15) is 0 Å². The van der Waals surface area contributed by atoms with Gasteiger partial charge in [0.05, 0.1) is 6.54 Å². The molecule has 0 saturated carbocycles. The molecule has 3 aromatic rings.